The van der Waals surface area contributed by atoms with E-state index in [9.17, 15) is 9.59 Å². The van der Waals surface area contributed by atoms with E-state index < -0.39 is 0 Å². The molecule has 1 saturated heterocycles. The van der Waals surface area contributed by atoms with E-state index in [0.717, 1.165) is 0 Å². The van der Waals surface area contributed by atoms with Crippen molar-refractivity contribution in [2.45, 2.75) is 13.0 Å². The zero-order chi connectivity index (χ0) is 12.1. The first kappa shape index (κ1) is 12.2. The SMILES string of the molecule is CN/C=C\C(=N)N1C(=O)CN(C=O)CC1C. The lowest BCUT2D eigenvalue weighted by atomic mass is 10.2. The molecule has 1 aliphatic heterocycles. The Morgan fingerprint density at radius 1 is 1.62 bits per heavy atom. The normalized spacial score (nSPS) is 21.4. The maximum Gasteiger partial charge on any atom is 0.248 e. The van der Waals surface area contributed by atoms with Gasteiger partial charge in [-0.15, -0.1) is 0 Å². The fourth-order valence-electron chi connectivity index (χ4n) is 1.68. The minimum Gasteiger partial charge on any atom is -0.394 e. The first-order valence-electron chi connectivity index (χ1n) is 5.04. The first-order valence-corrected chi connectivity index (χ1v) is 5.04. The summed E-state index contributed by atoms with van der Waals surface area (Å²) in [5, 5.41) is 10.5. The highest BCUT2D eigenvalue weighted by atomic mass is 16.2. The van der Waals surface area contributed by atoms with Crippen LogP contribution in [0.3, 0.4) is 0 Å². The third-order valence-corrected chi connectivity index (χ3v) is 2.36. The Labute approximate surface area is 94.4 Å². The Morgan fingerprint density at radius 3 is 2.81 bits per heavy atom. The van der Waals surface area contributed by atoms with Crippen LogP contribution in [0, 0.1) is 5.41 Å². The predicted octanol–water partition coefficient (Wildman–Crippen LogP) is -0.614. The van der Waals surface area contributed by atoms with Crippen LogP contribution in [0.15, 0.2) is 12.3 Å². The summed E-state index contributed by atoms with van der Waals surface area (Å²) < 4.78 is 0. The lowest BCUT2D eigenvalue weighted by Crippen LogP contribution is -2.56. The highest BCUT2D eigenvalue weighted by Crippen LogP contribution is 2.10. The number of carbonyl (C=O) groups is 2. The molecule has 16 heavy (non-hydrogen) atoms. The number of nitrogens with zero attached hydrogens (tertiary/aromatic N) is 2. The predicted molar refractivity (Wildman–Crippen MR) is 59.9 cm³/mol. The number of piperazine rings is 1. The van der Waals surface area contributed by atoms with Crippen LogP contribution in [0.1, 0.15) is 6.92 Å². The monoisotopic (exact) mass is 224 g/mol. The summed E-state index contributed by atoms with van der Waals surface area (Å²) in [6.45, 7) is 2.32. The van der Waals surface area contributed by atoms with Gasteiger partial charge in [0.1, 0.15) is 5.84 Å². The van der Waals surface area contributed by atoms with Crippen molar-refractivity contribution in [3.8, 4) is 0 Å². The molecule has 1 rings (SSSR count). The standard InChI is InChI=1S/C10H16N4O2/c1-8-5-13(7-15)6-10(16)14(8)9(11)3-4-12-2/h3-4,7-8,11-12H,5-6H2,1-2H3/b4-3-,11-9?. The second-order valence-electron chi connectivity index (χ2n) is 3.65. The maximum absolute atomic E-state index is 11.7. The van der Waals surface area contributed by atoms with Crippen molar-refractivity contribution in [3.05, 3.63) is 12.3 Å². The Bertz CT molecular complexity index is 327. The van der Waals surface area contributed by atoms with Crippen molar-refractivity contribution in [2.24, 2.45) is 0 Å². The second kappa shape index (κ2) is 5.29. The van der Waals surface area contributed by atoms with Crippen molar-refractivity contribution < 1.29 is 9.59 Å². The molecule has 0 aromatic heterocycles. The van der Waals surface area contributed by atoms with E-state index in [1.54, 1.807) is 13.2 Å². The Kier molecular flexibility index (Phi) is 4.04. The van der Waals surface area contributed by atoms with Crippen LogP contribution in [-0.2, 0) is 9.59 Å². The van der Waals surface area contributed by atoms with Crippen LogP contribution in [0.4, 0.5) is 0 Å². The van der Waals surface area contributed by atoms with Crippen molar-refractivity contribution in [1.29, 1.82) is 5.41 Å². The fourth-order valence-corrected chi connectivity index (χ4v) is 1.68. The molecule has 0 radical (unpaired) electrons. The lowest BCUT2D eigenvalue weighted by molar-refractivity contribution is -0.138. The number of rotatable bonds is 3. The van der Waals surface area contributed by atoms with Gasteiger partial charge in [0, 0.05) is 13.6 Å². The van der Waals surface area contributed by atoms with Gasteiger partial charge in [0.25, 0.3) is 0 Å². The molecule has 0 bridgehead atoms. The maximum atomic E-state index is 11.7. The first-order chi connectivity index (χ1) is 7.60. The van der Waals surface area contributed by atoms with E-state index in [4.69, 9.17) is 5.41 Å². The highest BCUT2D eigenvalue weighted by molar-refractivity contribution is 6.04. The van der Waals surface area contributed by atoms with Gasteiger partial charge in [-0.05, 0) is 19.2 Å². The van der Waals surface area contributed by atoms with E-state index in [1.165, 1.54) is 15.9 Å². The summed E-state index contributed by atoms with van der Waals surface area (Å²) in [7, 11) is 1.72. The Hall–Kier alpha value is -1.85. The molecule has 2 N–H and O–H groups in total. The minimum absolute atomic E-state index is 0.0453. The molecule has 1 unspecified atom stereocenters. The third kappa shape index (κ3) is 2.59. The van der Waals surface area contributed by atoms with Crippen molar-refractivity contribution in [1.82, 2.24) is 15.1 Å². The molecule has 0 saturated carbocycles. The van der Waals surface area contributed by atoms with Gasteiger partial charge in [-0.3, -0.25) is 19.9 Å². The Morgan fingerprint density at radius 2 is 2.31 bits per heavy atom. The zero-order valence-corrected chi connectivity index (χ0v) is 9.43. The summed E-state index contributed by atoms with van der Waals surface area (Å²) in [5.74, 6) is -0.0889. The van der Waals surface area contributed by atoms with Gasteiger partial charge in [0.2, 0.25) is 12.3 Å². The smallest absolute Gasteiger partial charge is 0.248 e. The topological polar surface area (TPSA) is 76.5 Å². The minimum atomic E-state index is -0.225. The van der Waals surface area contributed by atoms with Crippen molar-refractivity contribution >= 4 is 18.2 Å². The molecular weight excluding hydrogens is 208 g/mol. The van der Waals surface area contributed by atoms with E-state index in [1.807, 2.05) is 6.92 Å². The number of carbonyl (C=O) groups excluding carboxylic acids is 2. The van der Waals surface area contributed by atoms with Gasteiger partial charge in [-0.25, -0.2) is 0 Å². The molecule has 88 valence electrons. The van der Waals surface area contributed by atoms with Crippen molar-refractivity contribution in [3.63, 3.8) is 0 Å². The number of amidine groups is 1. The third-order valence-electron chi connectivity index (χ3n) is 2.36. The molecule has 1 heterocycles. The highest BCUT2D eigenvalue weighted by Gasteiger charge is 2.30. The van der Waals surface area contributed by atoms with Gasteiger partial charge >= 0.3 is 0 Å². The van der Waals surface area contributed by atoms with Gasteiger partial charge < -0.3 is 10.2 Å². The van der Waals surface area contributed by atoms with Crippen LogP contribution in [0.2, 0.25) is 0 Å². The van der Waals surface area contributed by atoms with Gasteiger partial charge in [0.15, 0.2) is 0 Å². The fraction of sp³-hybridized carbons (Fsp3) is 0.500. The number of nitrogens with one attached hydrogen (secondary N) is 2. The second-order valence-corrected chi connectivity index (χ2v) is 3.65. The summed E-state index contributed by atoms with van der Waals surface area (Å²) in [6.07, 6.45) is 3.78. The molecule has 6 nitrogen and oxygen atoms in total. The molecule has 0 aromatic carbocycles. The largest absolute Gasteiger partial charge is 0.394 e. The van der Waals surface area contributed by atoms with Crippen LogP contribution in [0.5, 0.6) is 0 Å². The molecule has 1 aliphatic rings. The summed E-state index contributed by atoms with van der Waals surface area (Å²) in [6, 6.07) is -0.166. The molecule has 0 spiro atoms. The van der Waals surface area contributed by atoms with E-state index in [-0.39, 0.29) is 24.3 Å². The van der Waals surface area contributed by atoms with Crippen LogP contribution in [0.25, 0.3) is 0 Å². The Balaban J connectivity index is 2.74. The number of amides is 2. The molecule has 6 heteroatoms. The molecule has 0 aromatic rings. The van der Waals surface area contributed by atoms with E-state index >= 15 is 0 Å². The summed E-state index contributed by atoms with van der Waals surface area (Å²) in [5.41, 5.74) is 0. The molecule has 2 amide bonds. The zero-order valence-electron chi connectivity index (χ0n) is 9.43. The average molecular weight is 224 g/mol. The van der Waals surface area contributed by atoms with Crippen molar-refractivity contribution in [2.75, 3.05) is 20.1 Å². The quantitative estimate of drug-likeness (QED) is 0.381. The van der Waals surface area contributed by atoms with Crippen LogP contribution >= 0.6 is 0 Å². The molecule has 1 atom stereocenters. The molecule has 0 aliphatic carbocycles. The van der Waals surface area contributed by atoms with Gasteiger partial charge in [-0.1, -0.05) is 0 Å². The van der Waals surface area contributed by atoms with Gasteiger partial charge in [0.05, 0.1) is 12.6 Å². The van der Waals surface area contributed by atoms with E-state index in [2.05, 4.69) is 5.32 Å². The van der Waals surface area contributed by atoms with Crippen LogP contribution < -0.4 is 5.32 Å². The lowest BCUT2D eigenvalue weighted by Gasteiger charge is -2.37. The number of hydrogen-bond donors (Lipinski definition) is 2. The summed E-state index contributed by atoms with van der Waals surface area (Å²) in [4.78, 5) is 25.1. The molecular formula is C10H16N4O2. The number of hydrogen-bond acceptors (Lipinski definition) is 4. The summed E-state index contributed by atoms with van der Waals surface area (Å²) >= 11 is 0. The molecule has 1 fully saturated rings. The van der Waals surface area contributed by atoms with Crippen LogP contribution in [-0.4, -0.2) is 54.1 Å². The average Bonchev–Trinajstić information content (AvgIpc) is 2.25. The van der Waals surface area contributed by atoms with Gasteiger partial charge in [-0.2, -0.15) is 0 Å². The van der Waals surface area contributed by atoms with E-state index in [0.29, 0.717) is 13.0 Å².